The van der Waals surface area contributed by atoms with Crippen molar-refractivity contribution in [1.29, 1.82) is 0 Å². The summed E-state index contributed by atoms with van der Waals surface area (Å²) in [7, 11) is 0. The molecule has 0 aliphatic carbocycles. The van der Waals surface area contributed by atoms with Crippen molar-refractivity contribution in [2.75, 3.05) is 13.2 Å². The molecule has 0 radical (unpaired) electrons. The molecule has 0 amide bonds. The number of benzene rings is 1. The molecule has 0 aliphatic heterocycles. The largest absolute Gasteiger partial charge is 0.462 e. The number of rotatable bonds is 8. The molecule has 1 aromatic heterocycles. The van der Waals surface area contributed by atoms with Crippen LogP contribution in [0.1, 0.15) is 58.5 Å². The van der Waals surface area contributed by atoms with Gasteiger partial charge in [0, 0.05) is 23.1 Å². The SMILES string of the molecule is C=Cc1nn(-c2cc(CCOC(=O)C(=C)C)ccc2OF)nc1C=C.CC.CC.CCO. The van der Waals surface area contributed by atoms with Crippen molar-refractivity contribution in [2.24, 2.45) is 0 Å². The number of hydrogen-bond donors (Lipinski definition) is 1. The molecule has 0 saturated heterocycles. The van der Waals surface area contributed by atoms with E-state index in [0.717, 1.165) is 5.56 Å². The Morgan fingerprint density at radius 3 is 2.06 bits per heavy atom. The molecule has 2 aromatic rings. The third kappa shape index (κ3) is 10.2. The van der Waals surface area contributed by atoms with Crippen LogP contribution in [0.2, 0.25) is 0 Å². The van der Waals surface area contributed by atoms with Gasteiger partial charge in [-0.15, -0.1) is 15.0 Å². The fourth-order valence-electron chi connectivity index (χ4n) is 2.05. The number of ether oxygens (including phenoxy) is 1. The molecular formula is C24H36FN3O4. The average Bonchev–Trinajstić information content (AvgIpc) is 3.25. The zero-order valence-electron chi connectivity index (χ0n) is 20.0. The summed E-state index contributed by atoms with van der Waals surface area (Å²) in [6, 6.07) is 4.78. The van der Waals surface area contributed by atoms with Gasteiger partial charge in [0.1, 0.15) is 17.1 Å². The van der Waals surface area contributed by atoms with Crippen LogP contribution in [0.5, 0.6) is 5.75 Å². The number of aromatic nitrogens is 3. The predicted molar refractivity (Wildman–Crippen MR) is 128 cm³/mol. The first-order valence-electron chi connectivity index (χ1n) is 10.5. The number of esters is 1. The Hall–Kier alpha value is -3.26. The lowest BCUT2D eigenvalue weighted by atomic mass is 10.1. The van der Waals surface area contributed by atoms with Crippen LogP contribution in [0.3, 0.4) is 0 Å². The van der Waals surface area contributed by atoms with E-state index in [-0.39, 0.29) is 19.0 Å². The van der Waals surface area contributed by atoms with E-state index in [0.29, 0.717) is 29.1 Å². The highest BCUT2D eigenvalue weighted by molar-refractivity contribution is 5.86. The molecular weight excluding hydrogens is 413 g/mol. The van der Waals surface area contributed by atoms with Gasteiger partial charge in [-0.25, -0.2) is 4.79 Å². The number of aliphatic hydroxyl groups excluding tert-OH is 1. The van der Waals surface area contributed by atoms with Gasteiger partial charge in [0.25, 0.3) is 0 Å². The molecule has 7 nitrogen and oxygen atoms in total. The standard InChI is InChI=1S/C18H18FN3O3.C2H6O.2C2H6/c1-5-14-15(6-2)21-22(20-14)16-11-13(7-8-17(16)25-19)9-10-24-18(23)12(3)4;1-2-3;2*1-2/h5-8,11H,1-3,9-10H2,4H3;3H,2H2,1H3;2*1-2H3. The predicted octanol–water partition coefficient (Wildman–Crippen LogP) is 5.53. The molecule has 0 atom stereocenters. The quantitative estimate of drug-likeness (QED) is 0.421. The van der Waals surface area contributed by atoms with Crippen molar-refractivity contribution in [2.45, 2.75) is 48.0 Å². The van der Waals surface area contributed by atoms with Crippen LogP contribution in [0.15, 0.2) is 43.5 Å². The highest BCUT2D eigenvalue weighted by atomic mass is 19.3. The van der Waals surface area contributed by atoms with Crippen LogP contribution >= 0.6 is 0 Å². The van der Waals surface area contributed by atoms with Gasteiger partial charge in [-0.05, 0) is 43.7 Å². The van der Waals surface area contributed by atoms with Crippen LogP contribution < -0.4 is 4.94 Å². The van der Waals surface area contributed by atoms with E-state index in [1.807, 2.05) is 27.7 Å². The zero-order chi connectivity index (χ0) is 25.1. The maximum atomic E-state index is 12.8. The number of carbonyl (C=O) groups is 1. The van der Waals surface area contributed by atoms with E-state index in [1.54, 1.807) is 26.0 Å². The van der Waals surface area contributed by atoms with Crippen LogP contribution in [0.25, 0.3) is 17.8 Å². The lowest BCUT2D eigenvalue weighted by molar-refractivity contribution is -0.138. The van der Waals surface area contributed by atoms with E-state index >= 15 is 0 Å². The van der Waals surface area contributed by atoms with Gasteiger partial charge >= 0.3 is 5.97 Å². The minimum atomic E-state index is -0.455. The smallest absolute Gasteiger partial charge is 0.333 e. The maximum absolute atomic E-state index is 12.8. The van der Waals surface area contributed by atoms with Gasteiger partial charge in [0.15, 0.2) is 5.75 Å². The number of nitrogens with zero attached hydrogens (tertiary/aromatic N) is 3. The summed E-state index contributed by atoms with van der Waals surface area (Å²) in [6.07, 6.45) is 3.48. The molecule has 1 heterocycles. The molecule has 0 saturated carbocycles. The van der Waals surface area contributed by atoms with Crippen LogP contribution in [0, 0.1) is 0 Å². The molecule has 32 heavy (non-hydrogen) atoms. The molecule has 0 bridgehead atoms. The second-order valence-electron chi connectivity index (χ2n) is 5.53. The van der Waals surface area contributed by atoms with Gasteiger partial charge in [-0.3, -0.25) is 4.94 Å². The minimum Gasteiger partial charge on any atom is -0.462 e. The van der Waals surface area contributed by atoms with Crippen LogP contribution in [0.4, 0.5) is 4.53 Å². The monoisotopic (exact) mass is 449 g/mol. The van der Waals surface area contributed by atoms with E-state index in [1.165, 1.54) is 23.0 Å². The van der Waals surface area contributed by atoms with Crippen molar-refractivity contribution < 1.29 is 24.1 Å². The maximum Gasteiger partial charge on any atom is 0.333 e. The molecule has 0 aliphatic rings. The third-order valence-electron chi connectivity index (χ3n) is 3.35. The Morgan fingerprint density at radius 2 is 1.66 bits per heavy atom. The molecule has 1 aromatic carbocycles. The summed E-state index contributed by atoms with van der Waals surface area (Å²) < 4.78 is 17.9. The Balaban J connectivity index is 0. The van der Waals surface area contributed by atoms with Gasteiger partial charge < -0.3 is 9.84 Å². The average molecular weight is 450 g/mol. The van der Waals surface area contributed by atoms with E-state index in [4.69, 9.17) is 9.84 Å². The van der Waals surface area contributed by atoms with E-state index < -0.39 is 5.97 Å². The van der Waals surface area contributed by atoms with Crippen molar-refractivity contribution in [1.82, 2.24) is 15.0 Å². The first-order chi connectivity index (χ1) is 15.4. The van der Waals surface area contributed by atoms with Gasteiger partial charge in [0.2, 0.25) is 0 Å². The van der Waals surface area contributed by atoms with E-state index in [9.17, 15) is 9.32 Å². The second kappa shape index (κ2) is 18.5. The first-order valence-corrected chi connectivity index (χ1v) is 10.5. The first kappa shape index (κ1) is 30.9. The lowest BCUT2D eigenvalue weighted by Gasteiger charge is -2.08. The minimum absolute atomic E-state index is 0.0381. The van der Waals surface area contributed by atoms with Crippen molar-refractivity contribution in [3.8, 4) is 11.4 Å². The molecule has 8 heteroatoms. The summed E-state index contributed by atoms with van der Waals surface area (Å²) >= 11 is 0. The Bertz CT molecular complexity index is 822. The highest BCUT2D eigenvalue weighted by Crippen LogP contribution is 2.25. The Kier molecular flexibility index (Phi) is 17.9. The number of halogens is 1. The molecule has 0 fully saturated rings. The van der Waals surface area contributed by atoms with Gasteiger partial charge in [-0.2, -0.15) is 0 Å². The van der Waals surface area contributed by atoms with Gasteiger partial charge in [0.05, 0.1) is 6.61 Å². The fraction of sp³-hybridized carbons (Fsp3) is 0.375. The number of carbonyl (C=O) groups excluding carboxylic acids is 1. The van der Waals surface area contributed by atoms with Crippen LogP contribution in [-0.2, 0) is 16.0 Å². The van der Waals surface area contributed by atoms with Crippen molar-refractivity contribution in [3.63, 3.8) is 0 Å². The summed E-state index contributed by atoms with van der Waals surface area (Å²) in [5, 5.41) is 16.0. The fourth-order valence-corrected chi connectivity index (χ4v) is 2.05. The topological polar surface area (TPSA) is 86.5 Å². The summed E-state index contributed by atoms with van der Waals surface area (Å²) in [5.41, 5.74) is 2.46. The van der Waals surface area contributed by atoms with E-state index in [2.05, 4.69) is 34.9 Å². The molecule has 2 rings (SSSR count). The Labute approximate surface area is 190 Å². The van der Waals surface area contributed by atoms with Crippen LogP contribution in [-0.4, -0.2) is 39.3 Å². The second-order valence-corrected chi connectivity index (χ2v) is 5.53. The van der Waals surface area contributed by atoms with Gasteiger partial charge in [-0.1, -0.05) is 53.5 Å². The zero-order valence-corrected chi connectivity index (χ0v) is 20.0. The van der Waals surface area contributed by atoms with Crippen molar-refractivity contribution >= 4 is 18.1 Å². The lowest BCUT2D eigenvalue weighted by Crippen LogP contribution is -2.08. The Morgan fingerprint density at radius 1 is 1.16 bits per heavy atom. The molecule has 178 valence electrons. The number of aliphatic hydroxyl groups is 1. The molecule has 0 unspecified atom stereocenters. The normalized spacial score (nSPS) is 8.88. The van der Waals surface area contributed by atoms with Crippen molar-refractivity contribution in [3.05, 3.63) is 60.5 Å². The molecule has 0 spiro atoms. The highest BCUT2D eigenvalue weighted by Gasteiger charge is 2.14. The summed E-state index contributed by atoms with van der Waals surface area (Å²) in [4.78, 5) is 16.5. The number of hydrogen-bond acceptors (Lipinski definition) is 6. The summed E-state index contributed by atoms with van der Waals surface area (Å²) in [6.45, 7) is 22.5. The third-order valence-corrected chi connectivity index (χ3v) is 3.35. The molecule has 1 N–H and O–H groups in total. The summed E-state index contributed by atoms with van der Waals surface area (Å²) in [5.74, 6) is -0.493.